The zero-order valence-electron chi connectivity index (χ0n) is 9.14. The van der Waals surface area contributed by atoms with Crippen molar-refractivity contribution in [3.63, 3.8) is 0 Å². The molecule has 0 radical (unpaired) electrons. The number of alkyl halides is 1. The molecule has 0 aliphatic rings. The van der Waals surface area contributed by atoms with E-state index in [1.807, 2.05) is 32.0 Å². The van der Waals surface area contributed by atoms with Crippen LogP contribution >= 0.6 is 11.6 Å². The summed E-state index contributed by atoms with van der Waals surface area (Å²) in [6, 6.07) is 5.88. The third-order valence-electron chi connectivity index (χ3n) is 2.23. The lowest BCUT2D eigenvalue weighted by molar-refractivity contribution is 0.0953. The topological polar surface area (TPSA) is 29.1 Å². The molecule has 0 spiro atoms. The Hall–Kier alpha value is -1.02. The van der Waals surface area contributed by atoms with Gasteiger partial charge in [-0.25, -0.2) is 0 Å². The average Bonchev–Trinajstić information content (AvgIpc) is 2.22. The lowest BCUT2D eigenvalue weighted by Gasteiger charge is -2.07. The van der Waals surface area contributed by atoms with Crippen LogP contribution in [0.25, 0.3) is 0 Å². The van der Waals surface area contributed by atoms with Gasteiger partial charge in [-0.15, -0.1) is 11.6 Å². The third kappa shape index (κ3) is 3.56. The van der Waals surface area contributed by atoms with Crippen LogP contribution in [0.15, 0.2) is 18.2 Å². The van der Waals surface area contributed by atoms with E-state index >= 15 is 0 Å². The highest BCUT2D eigenvalue weighted by molar-refractivity contribution is 6.17. The summed E-state index contributed by atoms with van der Waals surface area (Å²) in [4.78, 5) is 11.7. The number of nitrogens with one attached hydrogen (secondary N) is 1. The van der Waals surface area contributed by atoms with Gasteiger partial charge in [0.2, 0.25) is 0 Å². The van der Waals surface area contributed by atoms with Crippen LogP contribution in [-0.2, 0) is 0 Å². The predicted molar refractivity (Wildman–Crippen MR) is 63.6 cm³/mol. The van der Waals surface area contributed by atoms with Crippen LogP contribution in [0, 0.1) is 13.8 Å². The first-order valence-electron chi connectivity index (χ1n) is 5.06. The Balaban J connectivity index is 2.68. The molecule has 0 heterocycles. The van der Waals surface area contributed by atoms with Gasteiger partial charge in [-0.2, -0.15) is 0 Å². The molecule has 82 valence electrons. The van der Waals surface area contributed by atoms with E-state index in [-0.39, 0.29) is 5.91 Å². The largest absolute Gasteiger partial charge is 0.352 e. The van der Waals surface area contributed by atoms with Crippen LogP contribution < -0.4 is 5.32 Å². The second kappa shape index (κ2) is 5.76. The first kappa shape index (κ1) is 12.1. The smallest absolute Gasteiger partial charge is 0.251 e. The molecule has 1 amide bonds. The number of benzene rings is 1. The second-order valence-corrected chi connectivity index (χ2v) is 3.99. The number of amides is 1. The van der Waals surface area contributed by atoms with Gasteiger partial charge in [-0.05, 0) is 31.9 Å². The minimum absolute atomic E-state index is 0.0127. The Morgan fingerprint density at radius 3 is 2.80 bits per heavy atom. The molecular formula is C12H16ClNO. The molecule has 2 nitrogen and oxygen atoms in total. The van der Waals surface area contributed by atoms with Gasteiger partial charge >= 0.3 is 0 Å². The summed E-state index contributed by atoms with van der Waals surface area (Å²) in [5, 5.41) is 2.84. The fraction of sp³-hybridized carbons (Fsp3) is 0.417. The Bertz CT molecular complexity index is 349. The number of aryl methyl sites for hydroxylation is 2. The molecule has 15 heavy (non-hydrogen) atoms. The van der Waals surface area contributed by atoms with Gasteiger partial charge in [-0.1, -0.05) is 17.7 Å². The SMILES string of the molecule is Cc1ccc(C)c(C(=O)NCCCCl)c1. The van der Waals surface area contributed by atoms with E-state index in [0.29, 0.717) is 12.4 Å². The van der Waals surface area contributed by atoms with E-state index in [1.165, 1.54) is 0 Å². The van der Waals surface area contributed by atoms with Crippen molar-refractivity contribution in [1.29, 1.82) is 0 Å². The van der Waals surface area contributed by atoms with E-state index in [2.05, 4.69) is 5.32 Å². The Morgan fingerprint density at radius 2 is 2.13 bits per heavy atom. The Morgan fingerprint density at radius 1 is 1.40 bits per heavy atom. The van der Waals surface area contributed by atoms with Gasteiger partial charge in [0.05, 0.1) is 0 Å². The number of halogens is 1. The standard InChI is InChI=1S/C12H16ClNO/c1-9-4-5-10(2)11(8-9)12(15)14-7-3-6-13/h4-5,8H,3,6-7H2,1-2H3,(H,14,15). The monoisotopic (exact) mass is 225 g/mol. The number of carbonyl (C=O) groups is 1. The van der Waals surface area contributed by atoms with E-state index < -0.39 is 0 Å². The van der Waals surface area contributed by atoms with Crippen LogP contribution in [0.2, 0.25) is 0 Å². The number of hydrogen-bond acceptors (Lipinski definition) is 1. The fourth-order valence-electron chi connectivity index (χ4n) is 1.34. The fourth-order valence-corrected chi connectivity index (χ4v) is 1.48. The normalized spacial score (nSPS) is 10.1. The summed E-state index contributed by atoms with van der Waals surface area (Å²) >= 11 is 5.54. The molecule has 1 aromatic carbocycles. The highest BCUT2D eigenvalue weighted by Crippen LogP contribution is 2.10. The highest BCUT2D eigenvalue weighted by Gasteiger charge is 2.07. The van der Waals surface area contributed by atoms with Gasteiger partial charge in [0.25, 0.3) is 5.91 Å². The first-order valence-corrected chi connectivity index (χ1v) is 5.60. The van der Waals surface area contributed by atoms with E-state index in [9.17, 15) is 4.79 Å². The lowest BCUT2D eigenvalue weighted by Crippen LogP contribution is -2.25. The molecule has 0 aromatic heterocycles. The van der Waals surface area contributed by atoms with Crippen molar-refractivity contribution in [3.05, 3.63) is 34.9 Å². The molecule has 1 N–H and O–H groups in total. The number of hydrogen-bond donors (Lipinski definition) is 1. The molecule has 0 atom stereocenters. The first-order chi connectivity index (χ1) is 7.15. The van der Waals surface area contributed by atoms with Gasteiger partial charge in [0.15, 0.2) is 0 Å². The molecule has 0 unspecified atom stereocenters. The van der Waals surface area contributed by atoms with Gasteiger partial charge in [0, 0.05) is 18.0 Å². The van der Waals surface area contributed by atoms with Gasteiger partial charge < -0.3 is 5.32 Å². The summed E-state index contributed by atoms with van der Waals surface area (Å²) in [6.07, 6.45) is 0.804. The van der Waals surface area contributed by atoms with Gasteiger partial charge in [0.1, 0.15) is 0 Å². The molecule has 0 saturated carbocycles. The number of carbonyl (C=O) groups excluding carboxylic acids is 1. The zero-order chi connectivity index (χ0) is 11.3. The molecule has 0 bridgehead atoms. The van der Waals surface area contributed by atoms with Crippen LogP contribution in [0.5, 0.6) is 0 Å². The zero-order valence-corrected chi connectivity index (χ0v) is 9.90. The van der Waals surface area contributed by atoms with Crippen molar-refractivity contribution < 1.29 is 4.79 Å². The lowest BCUT2D eigenvalue weighted by atomic mass is 10.1. The molecule has 0 aliphatic carbocycles. The minimum Gasteiger partial charge on any atom is -0.352 e. The molecule has 1 aromatic rings. The van der Waals surface area contributed by atoms with Crippen molar-refractivity contribution in [1.82, 2.24) is 5.32 Å². The van der Waals surface area contributed by atoms with Crippen LogP contribution in [0.3, 0.4) is 0 Å². The van der Waals surface area contributed by atoms with E-state index in [4.69, 9.17) is 11.6 Å². The maximum absolute atomic E-state index is 11.7. The van der Waals surface area contributed by atoms with Crippen molar-refractivity contribution >= 4 is 17.5 Å². The Labute approximate surface area is 95.6 Å². The summed E-state index contributed by atoms with van der Waals surface area (Å²) in [5.41, 5.74) is 2.86. The number of rotatable bonds is 4. The van der Waals surface area contributed by atoms with Crippen molar-refractivity contribution in [2.75, 3.05) is 12.4 Å². The summed E-state index contributed by atoms with van der Waals surface area (Å²) in [5.74, 6) is 0.564. The summed E-state index contributed by atoms with van der Waals surface area (Å²) < 4.78 is 0. The van der Waals surface area contributed by atoms with Crippen molar-refractivity contribution in [2.45, 2.75) is 20.3 Å². The maximum atomic E-state index is 11.7. The molecule has 3 heteroatoms. The van der Waals surface area contributed by atoms with E-state index in [0.717, 1.165) is 23.1 Å². The maximum Gasteiger partial charge on any atom is 0.251 e. The molecule has 0 saturated heterocycles. The molecule has 0 aliphatic heterocycles. The minimum atomic E-state index is -0.0127. The van der Waals surface area contributed by atoms with Crippen LogP contribution in [-0.4, -0.2) is 18.3 Å². The highest BCUT2D eigenvalue weighted by atomic mass is 35.5. The van der Waals surface area contributed by atoms with Crippen LogP contribution in [0.4, 0.5) is 0 Å². The molecule has 0 fully saturated rings. The molecular weight excluding hydrogens is 210 g/mol. The second-order valence-electron chi connectivity index (χ2n) is 3.62. The third-order valence-corrected chi connectivity index (χ3v) is 2.50. The van der Waals surface area contributed by atoms with Crippen molar-refractivity contribution in [3.8, 4) is 0 Å². The predicted octanol–water partition coefficient (Wildman–Crippen LogP) is 2.66. The van der Waals surface area contributed by atoms with E-state index in [1.54, 1.807) is 0 Å². The van der Waals surface area contributed by atoms with Crippen molar-refractivity contribution in [2.24, 2.45) is 0 Å². The molecule has 1 rings (SSSR count). The van der Waals surface area contributed by atoms with Gasteiger partial charge in [-0.3, -0.25) is 4.79 Å². The summed E-state index contributed by atoms with van der Waals surface area (Å²) in [6.45, 7) is 4.56. The van der Waals surface area contributed by atoms with Crippen LogP contribution in [0.1, 0.15) is 27.9 Å². The average molecular weight is 226 g/mol. The summed E-state index contributed by atoms with van der Waals surface area (Å²) in [7, 11) is 0. The quantitative estimate of drug-likeness (QED) is 0.620. The Kier molecular flexibility index (Phi) is 4.63.